The average molecular weight is 324 g/mol. The van der Waals surface area contributed by atoms with E-state index in [1.165, 1.54) is 0 Å². The van der Waals surface area contributed by atoms with E-state index in [0.717, 1.165) is 55.9 Å². The Kier molecular flexibility index (Phi) is 3.85. The normalized spacial score (nSPS) is 23.1. The first kappa shape index (κ1) is 14.2. The van der Waals surface area contributed by atoms with Gasteiger partial charge in [-0.15, -0.1) is 0 Å². The summed E-state index contributed by atoms with van der Waals surface area (Å²) < 4.78 is 13.2. The second-order valence-corrected chi connectivity index (χ2v) is 5.90. The van der Waals surface area contributed by atoms with E-state index in [1.807, 2.05) is 4.57 Å². The van der Waals surface area contributed by atoms with Crippen molar-refractivity contribution in [1.29, 1.82) is 0 Å². The van der Waals surface area contributed by atoms with Crippen LogP contribution in [-0.4, -0.2) is 52.4 Å². The highest BCUT2D eigenvalue weighted by Gasteiger charge is 2.23. The molecule has 0 amide bonds. The van der Waals surface area contributed by atoms with Gasteiger partial charge in [-0.25, -0.2) is 4.98 Å². The molecule has 0 aliphatic carbocycles. The number of anilines is 1. The number of rotatable bonds is 2. The molecule has 2 aromatic heterocycles. The van der Waals surface area contributed by atoms with Crippen LogP contribution < -0.4 is 4.90 Å². The number of halogens is 1. The molecule has 0 unspecified atom stereocenters. The highest BCUT2D eigenvalue weighted by molar-refractivity contribution is 6.28. The van der Waals surface area contributed by atoms with Gasteiger partial charge >= 0.3 is 0 Å². The van der Waals surface area contributed by atoms with E-state index >= 15 is 0 Å². The van der Waals surface area contributed by atoms with E-state index in [4.69, 9.17) is 21.1 Å². The summed E-state index contributed by atoms with van der Waals surface area (Å²) >= 11 is 6.15. The second kappa shape index (κ2) is 5.98. The number of aromatic nitrogens is 4. The molecule has 0 radical (unpaired) electrons. The zero-order valence-corrected chi connectivity index (χ0v) is 13.0. The predicted octanol–water partition coefficient (Wildman–Crippen LogP) is 2.02. The Balaban J connectivity index is 1.76. The highest BCUT2D eigenvalue weighted by atomic mass is 35.5. The number of nitrogens with zero attached hydrogens (tertiary/aromatic N) is 5. The van der Waals surface area contributed by atoms with Gasteiger partial charge in [0.25, 0.3) is 0 Å². The third-order valence-electron chi connectivity index (χ3n) is 4.15. The molecule has 2 saturated heterocycles. The summed E-state index contributed by atoms with van der Waals surface area (Å²) in [5.74, 6) is 0.785. The molecule has 4 heterocycles. The van der Waals surface area contributed by atoms with Crippen molar-refractivity contribution in [3.05, 3.63) is 11.6 Å². The molecule has 4 rings (SSSR count). The molecule has 0 bridgehead atoms. The van der Waals surface area contributed by atoms with Crippen molar-refractivity contribution in [2.45, 2.75) is 25.5 Å². The van der Waals surface area contributed by atoms with Crippen molar-refractivity contribution in [2.75, 3.05) is 37.8 Å². The minimum atomic E-state index is -0.0118. The van der Waals surface area contributed by atoms with Crippen LogP contribution in [0.2, 0.25) is 5.28 Å². The molecule has 2 aromatic rings. The maximum atomic E-state index is 6.15. The molecule has 1 atom stereocenters. The molecule has 7 nitrogen and oxygen atoms in total. The molecule has 2 fully saturated rings. The zero-order valence-electron chi connectivity index (χ0n) is 12.2. The lowest BCUT2D eigenvalue weighted by molar-refractivity contribution is -0.0298. The van der Waals surface area contributed by atoms with Gasteiger partial charge < -0.3 is 14.4 Å². The summed E-state index contributed by atoms with van der Waals surface area (Å²) in [5, 5.41) is 0.242. The van der Waals surface area contributed by atoms with Gasteiger partial charge in [-0.3, -0.25) is 4.57 Å². The SMILES string of the molecule is Clc1nc(N2CCOCC2)c2ncn([C@H]3CCCCO3)c2n1. The molecular weight excluding hydrogens is 306 g/mol. The lowest BCUT2D eigenvalue weighted by Crippen LogP contribution is -2.37. The zero-order chi connectivity index (χ0) is 14.9. The van der Waals surface area contributed by atoms with Crippen molar-refractivity contribution in [1.82, 2.24) is 19.5 Å². The van der Waals surface area contributed by atoms with E-state index in [0.29, 0.717) is 13.2 Å². The Morgan fingerprint density at radius 2 is 2.00 bits per heavy atom. The highest BCUT2D eigenvalue weighted by Crippen LogP contribution is 2.30. The fourth-order valence-electron chi connectivity index (χ4n) is 3.03. The Morgan fingerprint density at radius 1 is 1.14 bits per heavy atom. The molecule has 0 saturated carbocycles. The van der Waals surface area contributed by atoms with E-state index < -0.39 is 0 Å². The van der Waals surface area contributed by atoms with Crippen molar-refractivity contribution in [3.8, 4) is 0 Å². The number of imidazole rings is 1. The van der Waals surface area contributed by atoms with Crippen molar-refractivity contribution in [2.24, 2.45) is 0 Å². The van der Waals surface area contributed by atoms with E-state index in [1.54, 1.807) is 6.33 Å². The summed E-state index contributed by atoms with van der Waals surface area (Å²) in [5.41, 5.74) is 1.52. The number of morpholine rings is 1. The predicted molar refractivity (Wildman–Crippen MR) is 82.2 cm³/mol. The van der Waals surface area contributed by atoms with Crippen LogP contribution in [0, 0.1) is 0 Å². The Morgan fingerprint density at radius 3 is 2.77 bits per heavy atom. The van der Waals surface area contributed by atoms with Crippen molar-refractivity contribution >= 4 is 28.6 Å². The van der Waals surface area contributed by atoms with Gasteiger partial charge in [-0.2, -0.15) is 9.97 Å². The topological polar surface area (TPSA) is 65.3 Å². The molecule has 0 spiro atoms. The molecule has 8 heteroatoms. The van der Waals surface area contributed by atoms with Crippen LogP contribution in [0.15, 0.2) is 6.33 Å². The van der Waals surface area contributed by atoms with E-state index in [2.05, 4.69) is 19.9 Å². The Labute approximate surface area is 133 Å². The maximum Gasteiger partial charge on any atom is 0.226 e. The van der Waals surface area contributed by atoms with Crippen LogP contribution in [0.3, 0.4) is 0 Å². The second-order valence-electron chi connectivity index (χ2n) is 5.56. The van der Waals surface area contributed by atoms with Gasteiger partial charge in [0.2, 0.25) is 5.28 Å². The van der Waals surface area contributed by atoms with E-state index in [-0.39, 0.29) is 11.5 Å². The molecular formula is C14H18ClN5O2. The fraction of sp³-hybridized carbons (Fsp3) is 0.643. The van der Waals surface area contributed by atoms with Crippen LogP contribution in [0.5, 0.6) is 0 Å². The van der Waals surface area contributed by atoms with Crippen LogP contribution in [0.4, 0.5) is 5.82 Å². The van der Waals surface area contributed by atoms with Crippen LogP contribution in [0.25, 0.3) is 11.2 Å². The van der Waals surface area contributed by atoms with Gasteiger partial charge in [0.05, 0.1) is 19.5 Å². The number of hydrogen-bond acceptors (Lipinski definition) is 6. The Hall–Kier alpha value is -1.44. The molecule has 0 N–H and O–H groups in total. The summed E-state index contributed by atoms with van der Waals surface area (Å²) in [6.07, 6.45) is 5.01. The fourth-order valence-corrected chi connectivity index (χ4v) is 3.19. The monoisotopic (exact) mass is 323 g/mol. The van der Waals surface area contributed by atoms with Crippen molar-refractivity contribution < 1.29 is 9.47 Å². The largest absolute Gasteiger partial charge is 0.378 e. The Bertz CT molecular complexity index is 665. The molecule has 2 aliphatic heterocycles. The summed E-state index contributed by atoms with van der Waals surface area (Å²) in [4.78, 5) is 15.5. The third-order valence-corrected chi connectivity index (χ3v) is 4.32. The van der Waals surface area contributed by atoms with Crippen LogP contribution in [0.1, 0.15) is 25.5 Å². The third kappa shape index (κ3) is 2.53. The van der Waals surface area contributed by atoms with Crippen LogP contribution in [-0.2, 0) is 9.47 Å². The van der Waals surface area contributed by atoms with E-state index in [9.17, 15) is 0 Å². The number of hydrogen-bond donors (Lipinski definition) is 0. The standard InChI is InChI=1S/C14H18ClN5O2/c15-14-17-12(19-4-7-21-8-5-19)11-13(18-14)20(9-16-11)10-3-1-2-6-22-10/h9-10H,1-8H2/t10-/m1/s1. The number of fused-ring (bicyclic) bond motifs is 1. The van der Waals surface area contributed by atoms with Gasteiger partial charge in [-0.1, -0.05) is 0 Å². The average Bonchev–Trinajstić information content (AvgIpc) is 2.99. The molecule has 2 aliphatic rings. The minimum Gasteiger partial charge on any atom is -0.378 e. The lowest BCUT2D eigenvalue weighted by atomic mass is 10.2. The van der Waals surface area contributed by atoms with Gasteiger partial charge in [-0.05, 0) is 30.9 Å². The smallest absolute Gasteiger partial charge is 0.226 e. The summed E-state index contributed by atoms with van der Waals surface area (Å²) in [7, 11) is 0. The molecule has 118 valence electrons. The quantitative estimate of drug-likeness (QED) is 0.788. The van der Waals surface area contributed by atoms with Gasteiger partial charge in [0.1, 0.15) is 6.23 Å². The molecule has 22 heavy (non-hydrogen) atoms. The summed E-state index contributed by atoms with van der Waals surface area (Å²) in [6.45, 7) is 3.73. The maximum absolute atomic E-state index is 6.15. The number of ether oxygens (including phenoxy) is 2. The first-order chi connectivity index (χ1) is 10.8. The summed E-state index contributed by atoms with van der Waals surface area (Å²) in [6, 6.07) is 0. The first-order valence-corrected chi connectivity index (χ1v) is 8.05. The van der Waals surface area contributed by atoms with Crippen molar-refractivity contribution in [3.63, 3.8) is 0 Å². The van der Waals surface area contributed by atoms with Gasteiger partial charge in [0.15, 0.2) is 17.0 Å². The van der Waals surface area contributed by atoms with Crippen LogP contribution >= 0.6 is 11.6 Å². The molecule has 0 aromatic carbocycles. The van der Waals surface area contributed by atoms with Gasteiger partial charge in [0, 0.05) is 19.7 Å². The first-order valence-electron chi connectivity index (χ1n) is 7.67. The minimum absolute atomic E-state index is 0.0118. The lowest BCUT2D eigenvalue weighted by Gasteiger charge is -2.28.